The van der Waals surface area contributed by atoms with E-state index in [-0.39, 0.29) is 6.03 Å². The summed E-state index contributed by atoms with van der Waals surface area (Å²) in [7, 11) is 1.91. The first-order valence-electron chi connectivity index (χ1n) is 4.75. The minimum atomic E-state index is -0.0892. The molecule has 1 aliphatic carbocycles. The summed E-state index contributed by atoms with van der Waals surface area (Å²) in [6.45, 7) is 0.523. The zero-order chi connectivity index (χ0) is 9.97. The molecule has 0 spiro atoms. The van der Waals surface area contributed by atoms with E-state index in [0.717, 1.165) is 18.5 Å². The van der Waals surface area contributed by atoms with Gasteiger partial charge in [-0.2, -0.15) is 0 Å². The first-order chi connectivity index (χ1) is 6.75. The van der Waals surface area contributed by atoms with Gasteiger partial charge in [0, 0.05) is 19.3 Å². The molecule has 0 saturated heterocycles. The Hall–Kier alpha value is -1.52. The second-order valence-electron chi connectivity index (χ2n) is 3.60. The Morgan fingerprint density at radius 2 is 2.50 bits per heavy atom. The summed E-state index contributed by atoms with van der Waals surface area (Å²) in [5.41, 5.74) is 0.996. The number of carbonyl (C=O) groups is 1. The van der Waals surface area contributed by atoms with Gasteiger partial charge in [-0.15, -0.1) is 0 Å². The quantitative estimate of drug-likeness (QED) is 0.731. The smallest absolute Gasteiger partial charge is 0.315 e. The molecule has 1 aromatic heterocycles. The van der Waals surface area contributed by atoms with Crippen LogP contribution in [-0.4, -0.2) is 21.6 Å². The summed E-state index contributed by atoms with van der Waals surface area (Å²) >= 11 is 0. The van der Waals surface area contributed by atoms with Gasteiger partial charge in [0.2, 0.25) is 0 Å². The van der Waals surface area contributed by atoms with E-state index in [2.05, 4.69) is 15.6 Å². The molecular weight excluding hydrogens is 180 g/mol. The van der Waals surface area contributed by atoms with Crippen molar-refractivity contribution in [3.8, 4) is 0 Å². The molecule has 2 N–H and O–H groups in total. The van der Waals surface area contributed by atoms with Crippen molar-refractivity contribution in [3.05, 3.63) is 18.2 Å². The highest BCUT2D eigenvalue weighted by atomic mass is 16.2. The van der Waals surface area contributed by atoms with Crippen molar-refractivity contribution in [1.29, 1.82) is 0 Å². The number of hydrogen-bond donors (Lipinski definition) is 2. The van der Waals surface area contributed by atoms with Gasteiger partial charge in [-0.1, -0.05) is 0 Å². The molecule has 1 heterocycles. The third kappa shape index (κ3) is 2.25. The van der Waals surface area contributed by atoms with Crippen LogP contribution in [0, 0.1) is 0 Å². The Labute approximate surface area is 82.5 Å². The van der Waals surface area contributed by atoms with Crippen LogP contribution in [0.15, 0.2) is 12.5 Å². The topological polar surface area (TPSA) is 59.0 Å². The number of amides is 2. The highest BCUT2D eigenvalue weighted by molar-refractivity contribution is 5.74. The number of carbonyl (C=O) groups excluding carboxylic acids is 1. The number of aryl methyl sites for hydroxylation is 1. The molecule has 5 nitrogen and oxygen atoms in total. The van der Waals surface area contributed by atoms with Crippen molar-refractivity contribution >= 4 is 6.03 Å². The Kier molecular flexibility index (Phi) is 2.39. The minimum Gasteiger partial charge on any atom is -0.336 e. The Balaban J connectivity index is 1.76. The number of rotatable bonds is 3. The largest absolute Gasteiger partial charge is 0.336 e. The number of aromatic nitrogens is 2. The Morgan fingerprint density at radius 3 is 3.07 bits per heavy atom. The van der Waals surface area contributed by atoms with Crippen molar-refractivity contribution in [2.24, 2.45) is 7.05 Å². The van der Waals surface area contributed by atoms with Crippen LogP contribution in [-0.2, 0) is 13.6 Å². The van der Waals surface area contributed by atoms with Crippen molar-refractivity contribution in [3.63, 3.8) is 0 Å². The van der Waals surface area contributed by atoms with E-state index in [4.69, 9.17) is 0 Å². The lowest BCUT2D eigenvalue weighted by molar-refractivity contribution is 0.240. The third-order valence-electron chi connectivity index (χ3n) is 2.26. The maximum Gasteiger partial charge on any atom is 0.315 e. The molecule has 1 fully saturated rings. The lowest BCUT2D eigenvalue weighted by Crippen LogP contribution is -2.36. The van der Waals surface area contributed by atoms with Crippen LogP contribution in [0.4, 0.5) is 4.79 Å². The van der Waals surface area contributed by atoms with Crippen molar-refractivity contribution in [2.75, 3.05) is 0 Å². The molecule has 1 aromatic rings. The second kappa shape index (κ2) is 3.69. The molecule has 5 heteroatoms. The van der Waals surface area contributed by atoms with E-state index >= 15 is 0 Å². The summed E-state index contributed by atoms with van der Waals surface area (Å²) in [6, 6.07) is 0.315. The van der Waals surface area contributed by atoms with Crippen molar-refractivity contribution in [1.82, 2.24) is 20.2 Å². The molecule has 1 saturated carbocycles. The third-order valence-corrected chi connectivity index (χ3v) is 2.26. The molecule has 76 valence electrons. The van der Waals surface area contributed by atoms with Gasteiger partial charge in [-0.05, 0) is 12.8 Å². The highest BCUT2D eigenvalue weighted by Gasteiger charge is 2.22. The van der Waals surface area contributed by atoms with E-state index in [1.807, 2.05) is 11.6 Å². The molecule has 0 radical (unpaired) electrons. The average molecular weight is 194 g/mol. The van der Waals surface area contributed by atoms with E-state index in [0.29, 0.717) is 12.6 Å². The van der Waals surface area contributed by atoms with Crippen molar-refractivity contribution < 1.29 is 4.79 Å². The number of imidazole rings is 1. The Morgan fingerprint density at radius 1 is 1.71 bits per heavy atom. The Bertz CT molecular complexity index is 329. The molecule has 2 rings (SSSR count). The van der Waals surface area contributed by atoms with Crippen LogP contribution in [0.25, 0.3) is 0 Å². The number of nitrogens with zero attached hydrogens (tertiary/aromatic N) is 2. The summed E-state index contributed by atoms with van der Waals surface area (Å²) < 4.78 is 1.89. The maximum atomic E-state index is 11.2. The van der Waals surface area contributed by atoms with Crippen molar-refractivity contribution in [2.45, 2.75) is 25.4 Å². The van der Waals surface area contributed by atoms with Gasteiger partial charge in [-0.25, -0.2) is 9.78 Å². The number of urea groups is 1. The lowest BCUT2D eigenvalue weighted by atomic mass is 10.4. The molecule has 14 heavy (non-hydrogen) atoms. The maximum absolute atomic E-state index is 11.2. The lowest BCUT2D eigenvalue weighted by Gasteiger charge is -2.06. The number of nitrogens with one attached hydrogen (secondary N) is 2. The van der Waals surface area contributed by atoms with Crippen LogP contribution in [0.3, 0.4) is 0 Å². The first-order valence-corrected chi connectivity index (χ1v) is 4.75. The molecule has 0 bridgehead atoms. The van der Waals surface area contributed by atoms with Gasteiger partial charge in [-0.3, -0.25) is 0 Å². The first kappa shape index (κ1) is 9.05. The zero-order valence-electron chi connectivity index (χ0n) is 8.16. The van der Waals surface area contributed by atoms with E-state index in [1.54, 1.807) is 12.5 Å². The van der Waals surface area contributed by atoms with Crippen LogP contribution >= 0.6 is 0 Å². The summed E-state index contributed by atoms with van der Waals surface area (Å²) in [4.78, 5) is 15.2. The van der Waals surface area contributed by atoms with Crippen LogP contribution in [0.1, 0.15) is 18.5 Å². The molecule has 1 aliphatic rings. The standard InChI is InChI=1S/C9H14N4O/c1-13-6-10-4-8(13)5-11-9(14)12-7-2-3-7/h4,6-7H,2-3,5H2,1H3,(H2,11,12,14). The fourth-order valence-electron chi connectivity index (χ4n) is 1.19. The summed E-state index contributed by atoms with van der Waals surface area (Å²) in [5, 5.41) is 5.64. The summed E-state index contributed by atoms with van der Waals surface area (Å²) in [5.74, 6) is 0. The van der Waals surface area contributed by atoms with Gasteiger partial charge in [0.25, 0.3) is 0 Å². The average Bonchev–Trinajstić information content (AvgIpc) is 2.86. The molecular formula is C9H14N4O. The fourth-order valence-corrected chi connectivity index (χ4v) is 1.19. The predicted octanol–water partition coefficient (Wildman–Crippen LogP) is 0.382. The second-order valence-corrected chi connectivity index (χ2v) is 3.60. The SMILES string of the molecule is Cn1cncc1CNC(=O)NC1CC1. The van der Waals surface area contributed by atoms with Crippen LogP contribution < -0.4 is 10.6 Å². The molecule has 0 aliphatic heterocycles. The van der Waals surface area contributed by atoms with Crippen LogP contribution in [0.5, 0.6) is 0 Å². The van der Waals surface area contributed by atoms with Gasteiger partial charge in [0.1, 0.15) is 0 Å². The highest BCUT2D eigenvalue weighted by Crippen LogP contribution is 2.18. The van der Waals surface area contributed by atoms with E-state index < -0.39 is 0 Å². The molecule has 0 atom stereocenters. The molecule has 2 amide bonds. The van der Waals surface area contributed by atoms with E-state index in [9.17, 15) is 4.79 Å². The van der Waals surface area contributed by atoms with Gasteiger partial charge < -0.3 is 15.2 Å². The number of hydrogen-bond acceptors (Lipinski definition) is 2. The monoisotopic (exact) mass is 194 g/mol. The molecule has 0 unspecified atom stereocenters. The van der Waals surface area contributed by atoms with Crippen LogP contribution in [0.2, 0.25) is 0 Å². The fraction of sp³-hybridized carbons (Fsp3) is 0.556. The molecule has 0 aromatic carbocycles. The van der Waals surface area contributed by atoms with Gasteiger partial charge in [0.15, 0.2) is 0 Å². The van der Waals surface area contributed by atoms with Gasteiger partial charge in [0.05, 0.1) is 18.6 Å². The zero-order valence-corrected chi connectivity index (χ0v) is 8.16. The van der Waals surface area contributed by atoms with E-state index in [1.165, 1.54) is 0 Å². The normalized spacial score (nSPS) is 15.2. The minimum absolute atomic E-state index is 0.0892. The summed E-state index contributed by atoms with van der Waals surface area (Å²) in [6.07, 6.45) is 5.69. The van der Waals surface area contributed by atoms with Gasteiger partial charge >= 0.3 is 6.03 Å². The predicted molar refractivity (Wildman–Crippen MR) is 51.6 cm³/mol.